The molecule has 4 nitrogen and oxygen atoms in total. The normalized spacial score (nSPS) is 21.2. The van der Waals surface area contributed by atoms with Crippen LogP contribution in [0.4, 0.5) is 0 Å². The topological polar surface area (TPSA) is 36.9 Å². The van der Waals surface area contributed by atoms with Crippen LogP contribution in [0.15, 0.2) is 12.8 Å². The van der Waals surface area contributed by atoms with Crippen molar-refractivity contribution in [1.82, 2.24) is 0 Å². The van der Waals surface area contributed by atoms with E-state index in [1.165, 1.54) is 12.7 Å². The molecule has 0 N–H and O–H groups in total. The predicted molar refractivity (Wildman–Crippen MR) is 56.5 cm³/mol. The lowest BCUT2D eigenvalue weighted by atomic mass is 10.2. The van der Waals surface area contributed by atoms with E-state index in [1.54, 1.807) is 0 Å². The van der Waals surface area contributed by atoms with Crippen molar-refractivity contribution >= 4 is 0 Å². The van der Waals surface area contributed by atoms with Gasteiger partial charge in [0.25, 0.3) is 0 Å². The number of hydrogen-bond acceptors (Lipinski definition) is 4. The summed E-state index contributed by atoms with van der Waals surface area (Å²) in [5.74, 6) is 0. The Labute approximate surface area is 91.1 Å². The first-order valence-electron chi connectivity index (χ1n) is 5.47. The quantitative estimate of drug-likeness (QED) is 0.457. The van der Waals surface area contributed by atoms with Crippen molar-refractivity contribution in [2.24, 2.45) is 0 Å². The zero-order chi connectivity index (χ0) is 10.8. The predicted octanol–water partition coefficient (Wildman–Crippen LogP) is 1.71. The zero-order valence-corrected chi connectivity index (χ0v) is 9.15. The zero-order valence-electron chi connectivity index (χ0n) is 9.15. The Hall–Kier alpha value is -0.580. The van der Waals surface area contributed by atoms with Gasteiger partial charge in [-0.05, 0) is 19.3 Å². The first-order chi connectivity index (χ1) is 7.43. The minimum absolute atomic E-state index is 0.0215. The van der Waals surface area contributed by atoms with Gasteiger partial charge in [0.15, 0.2) is 6.29 Å². The van der Waals surface area contributed by atoms with Crippen LogP contribution < -0.4 is 0 Å². The molecule has 0 amide bonds. The summed E-state index contributed by atoms with van der Waals surface area (Å²) in [4.78, 5) is 0. The van der Waals surface area contributed by atoms with Crippen LogP contribution in [0.2, 0.25) is 0 Å². The molecule has 0 aromatic heterocycles. The number of ether oxygens (including phenoxy) is 4. The Kier molecular flexibility index (Phi) is 7.25. The van der Waals surface area contributed by atoms with Gasteiger partial charge >= 0.3 is 0 Å². The highest BCUT2D eigenvalue weighted by Crippen LogP contribution is 2.13. The minimum Gasteiger partial charge on any atom is -0.499 e. The van der Waals surface area contributed by atoms with Crippen molar-refractivity contribution in [2.45, 2.75) is 25.6 Å². The first kappa shape index (κ1) is 12.5. The van der Waals surface area contributed by atoms with Crippen molar-refractivity contribution in [3.63, 3.8) is 0 Å². The van der Waals surface area contributed by atoms with Crippen LogP contribution in [-0.2, 0) is 18.9 Å². The molecule has 0 bridgehead atoms. The number of rotatable bonds is 8. The lowest BCUT2D eigenvalue weighted by molar-refractivity contribution is -0.169. The fourth-order valence-corrected chi connectivity index (χ4v) is 1.37. The van der Waals surface area contributed by atoms with Gasteiger partial charge in [-0.15, -0.1) is 0 Å². The molecule has 0 aromatic rings. The summed E-state index contributed by atoms with van der Waals surface area (Å²) in [6, 6.07) is 0. The van der Waals surface area contributed by atoms with Gasteiger partial charge < -0.3 is 18.9 Å². The average Bonchev–Trinajstić information content (AvgIpc) is 2.29. The second-order valence-corrected chi connectivity index (χ2v) is 3.32. The summed E-state index contributed by atoms with van der Waals surface area (Å²) in [5, 5.41) is 0. The second kappa shape index (κ2) is 8.71. The molecule has 4 heteroatoms. The van der Waals surface area contributed by atoms with E-state index < -0.39 is 0 Å². The van der Waals surface area contributed by atoms with Crippen molar-refractivity contribution in [3.8, 4) is 0 Å². The molecule has 1 saturated heterocycles. The van der Waals surface area contributed by atoms with Crippen molar-refractivity contribution in [2.75, 3.05) is 33.0 Å². The van der Waals surface area contributed by atoms with Crippen LogP contribution in [0, 0.1) is 0 Å². The van der Waals surface area contributed by atoms with E-state index in [2.05, 4.69) is 6.58 Å². The second-order valence-electron chi connectivity index (χ2n) is 3.32. The Balaban J connectivity index is 1.81. The molecule has 1 fully saturated rings. The molecule has 15 heavy (non-hydrogen) atoms. The van der Waals surface area contributed by atoms with Crippen molar-refractivity contribution in [1.29, 1.82) is 0 Å². The summed E-state index contributed by atoms with van der Waals surface area (Å²) < 4.78 is 21.1. The lowest BCUT2D eigenvalue weighted by Gasteiger charge is -2.22. The summed E-state index contributed by atoms with van der Waals surface area (Å²) in [6.45, 7) is 6.54. The third kappa shape index (κ3) is 6.49. The molecule has 0 aliphatic carbocycles. The molecule has 0 radical (unpaired) electrons. The smallest absolute Gasteiger partial charge is 0.157 e. The van der Waals surface area contributed by atoms with E-state index in [9.17, 15) is 0 Å². The maximum atomic E-state index is 5.48. The molecular formula is C11H20O4. The van der Waals surface area contributed by atoms with E-state index in [0.29, 0.717) is 26.4 Å². The minimum atomic E-state index is -0.0215. The average molecular weight is 216 g/mol. The Morgan fingerprint density at radius 2 is 2.07 bits per heavy atom. The number of hydrogen-bond donors (Lipinski definition) is 0. The summed E-state index contributed by atoms with van der Waals surface area (Å²) >= 11 is 0. The third-order valence-electron chi connectivity index (χ3n) is 2.13. The summed E-state index contributed by atoms with van der Waals surface area (Å²) in [6.07, 6.45) is 4.73. The maximum absolute atomic E-state index is 5.48. The third-order valence-corrected chi connectivity index (χ3v) is 2.13. The van der Waals surface area contributed by atoms with E-state index in [4.69, 9.17) is 18.9 Å². The molecular weight excluding hydrogens is 196 g/mol. The van der Waals surface area contributed by atoms with Crippen LogP contribution in [0.25, 0.3) is 0 Å². The fourth-order valence-electron chi connectivity index (χ4n) is 1.37. The van der Waals surface area contributed by atoms with Gasteiger partial charge in [-0.25, -0.2) is 0 Å². The molecule has 0 saturated carbocycles. The van der Waals surface area contributed by atoms with Crippen LogP contribution in [0.3, 0.4) is 0 Å². The van der Waals surface area contributed by atoms with Gasteiger partial charge in [-0.3, -0.25) is 0 Å². The molecule has 0 spiro atoms. The molecule has 1 heterocycles. The van der Waals surface area contributed by atoms with Crippen LogP contribution >= 0.6 is 0 Å². The lowest BCUT2D eigenvalue weighted by Crippen LogP contribution is -2.24. The van der Waals surface area contributed by atoms with Crippen molar-refractivity contribution < 1.29 is 18.9 Å². The van der Waals surface area contributed by atoms with E-state index >= 15 is 0 Å². The highest BCUT2D eigenvalue weighted by molar-refractivity contribution is 4.53. The van der Waals surface area contributed by atoms with E-state index in [0.717, 1.165) is 19.4 Å². The fraction of sp³-hybridized carbons (Fsp3) is 0.818. The van der Waals surface area contributed by atoms with Crippen LogP contribution in [0.5, 0.6) is 0 Å². The van der Waals surface area contributed by atoms with Gasteiger partial charge in [0.2, 0.25) is 0 Å². The highest BCUT2D eigenvalue weighted by atomic mass is 16.7. The van der Waals surface area contributed by atoms with E-state index in [1.807, 2.05) is 0 Å². The van der Waals surface area contributed by atoms with E-state index in [-0.39, 0.29) is 6.29 Å². The first-order valence-corrected chi connectivity index (χ1v) is 5.47. The van der Waals surface area contributed by atoms with Gasteiger partial charge in [0.05, 0.1) is 26.1 Å². The van der Waals surface area contributed by atoms with Gasteiger partial charge in [-0.1, -0.05) is 6.58 Å². The molecule has 1 unspecified atom stereocenters. The molecule has 1 atom stereocenters. The molecule has 1 aliphatic rings. The molecule has 1 aliphatic heterocycles. The Bertz CT molecular complexity index is 155. The molecule has 1 rings (SSSR count). The van der Waals surface area contributed by atoms with Crippen LogP contribution in [-0.4, -0.2) is 39.3 Å². The van der Waals surface area contributed by atoms with Gasteiger partial charge in [0, 0.05) is 6.61 Å². The Morgan fingerprint density at radius 3 is 2.80 bits per heavy atom. The monoisotopic (exact) mass is 216 g/mol. The van der Waals surface area contributed by atoms with Crippen LogP contribution in [0.1, 0.15) is 19.3 Å². The summed E-state index contributed by atoms with van der Waals surface area (Å²) in [7, 11) is 0. The largest absolute Gasteiger partial charge is 0.499 e. The molecule has 88 valence electrons. The summed E-state index contributed by atoms with van der Waals surface area (Å²) in [5.41, 5.74) is 0. The highest BCUT2D eigenvalue weighted by Gasteiger charge is 2.13. The maximum Gasteiger partial charge on any atom is 0.157 e. The Morgan fingerprint density at radius 1 is 1.20 bits per heavy atom. The SMILES string of the molecule is C=COCCOCCOC1CCCCO1. The molecule has 0 aromatic carbocycles. The standard InChI is InChI=1S/C11H20O4/c1-2-12-7-8-13-9-10-15-11-5-3-4-6-14-11/h2,11H,1,3-10H2. The van der Waals surface area contributed by atoms with Gasteiger partial charge in [-0.2, -0.15) is 0 Å². The van der Waals surface area contributed by atoms with Gasteiger partial charge in [0.1, 0.15) is 6.61 Å². The van der Waals surface area contributed by atoms with Crippen molar-refractivity contribution in [3.05, 3.63) is 12.8 Å².